The van der Waals surface area contributed by atoms with Crippen LogP contribution in [0.2, 0.25) is 0 Å². The van der Waals surface area contributed by atoms with Crippen molar-refractivity contribution in [1.29, 1.82) is 0 Å². The van der Waals surface area contributed by atoms with Gasteiger partial charge in [0.1, 0.15) is 13.2 Å². The molecule has 0 fully saturated rings. The number of rotatable bonds is 4. The second kappa shape index (κ2) is 5.96. The molecule has 2 N–H and O–H groups in total. The molecule has 0 unspecified atom stereocenters. The number of carbonyl (C=O) groups is 1. The topological polar surface area (TPSA) is 59.6 Å². The summed E-state index contributed by atoms with van der Waals surface area (Å²) in [5.41, 5.74) is 0.727. The Labute approximate surface area is 118 Å². The Kier molecular flexibility index (Phi) is 3.87. The Morgan fingerprint density at radius 3 is 2.70 bits per heavy atom. The Hall–Kier alpha value is -2.01. The van der Waals surface area contributed by atoms with E-state index in [9.17, 15) is 4.79 Å². The molecule has 1 amide bonds. The molecule has 0 bridgehead atoms. The normalized spacial score (nSPS) is 17.2. The maximum Gasteiger partial charge on any atom is 0.238 e. The second-order valence-electron chi connectivity index (χ2n) is 4.93. The highest BCUT2D eigenvalue weighted by molar-refractivity contribution is 5.92. The molecule has 1 aromatic rings. The lowest BCUT2D eigenvalue weighted by Crippen LogP contribution is -2.34. The number of hydrogen-bond acceptors (Lipinski definition) is 4. The maximum atomic E-state index is 11.9. The molecule has 1 heterocycles. The largest absolute Gasteiger partial charge is 0.486 e. The van der Waals surface area contributed by atoms with Gasteiger partial charge in [0.05, 0.1) is 6.54 Å². The van der Waals surface area contributed by atoms with Crippen molar-refractivity contribution in [1.82, 2.24) is 5.32 Å². The van der Waals surface area contributed by atoms with Gasteiger partial charge in [0, 0.05) is 17.8 Å². The van der Waals surface area contributed by atoms with Crippen LogP contribution in [0.1, 0.15) is 12.8 Å². The van der Waals surface area contributed by atoms with Gasteiger partial charge in [-0.3, -0.25) is 4.79 Å². The molecule has 0 radical (unpaired) electrons. The van der Waals surface area contributed by atoms with Gasteiger partial charge < -0.3 is 20.1 Å². The molecular formula is C15H18N2O3. The minimum Gasteiger partial charge on any atom is -0.486 e. The van der Waals surface area contributed by atoms with Crippen LogP contribution in [0.25, 0.3) is 0 Å². The van der Waals surface area contributed by atoms with Gasteiger partial charge in [0.25, 0.3) is 0 Å². The highest BCUT2D eigenvalue weighted by Crippen LogP contribution is 2.32. The molecule has 0 aromatic heterocycles. The van der Waals surface area contributed by atoms with E-state index in [1.807, 2.05) is 12.1 Å². The third-order valence-electron chi connectivity index (χ3n) is 3.39. The number of hydrogen-bond donors (Lipinski definition) is 2. The molecule has 106 valence electrons. The monoisotopic (exact) mass is 274 g/mol. The summed E-state index contributed by atoms with van der Waals surface area (Å²) in [6.45, 7) is 1.43. The zero-order valence-electron chi connectivity index (χ0n) is 11.2. The molecule has 0 saturated carbocycles. The van der Waals surface area contributed by atoms with Crippen molar-refractivity contribution in [2.75, 3.05) is 25.1 Å². The van der Waals surface area contributed by atoms with Gasteiger partial charge in [-0.1, -0.05) is 12.2 Å². The number of fused-ring (bicyclic) bond motifs is 1. The number of ether oxygens (including phenoxy) is 2. The first-order valence-corrected chi connectivity index (χ1v) is 6.89. The van der Waals surface area contributed by atoms with Crippen LogP contribution in [0.15, 0.2) is 30.4 Å². The van der Waals surface area contributed by atoms with Crippen LogP contribution >= 0.6 is 0 Å². The highest BCUT2D eigenvalue weighted by Gasteiger charge is 2.14. The number of carbonyl (C=O) groups excluding carboxylic acids is 1. The van der Waals surface area contributed by atoms with Crippen molar-refractivity contribution >= 4 is 11.6 Å². The molecule has 1 aliphatic heterocycles. The predicted molar refractivity (Wildman–Crippen MR) is 76.2 cm³/mol. The van der Waals surface area contributed by atoms with Gasteiger partial charge in [-0.25, -0.2) is 0 Å². The molecule has 2 aliphatic rings. The third kappa shape index (κ3) is 3.11. The molecule has 0 saturated heterocycles. The van der Waals surface area contributed by atoms with Crippen LogP contribution < -0.4 is 20.1 Å². The van der Waals surface area contributed by atoms with Crippen LogP contribution in [-0.2, 0) is 4.79 Å². The number of anilines is 1. The van der Waals surface area contributed by atoms with E-state index in [1.165, 1.54) is 0 Å². The van der Waals surface area contributed by atoms with Gasteiger partial charge in [-0.05, 0) is 25.0 Å². The molecule has 0 spiro atoms. The van der Waals surface area contributed by atoms with E-state index in [-0.39, 0.29) is 5.91 Å². The summed E-state index contributed by atoms with van der Waals surface area (Å²) in [6.07, 6.45) is 6.27. The Morgan fingerprint density at radius 1 is 1.15 bits per heavy atom. The summed E-state index contributed by atoms with van der Waals surface area (Å²) in [7, 11) is 0. The van der Waals surface area contributed by atoms with Crippen molar-refractivity contribution in [3.8, 4) is 11.5 Å². The van der Waals surface area contributed by atoms with Gasteiger partial charge in [-0.2, -0.15) is 0 Å². The predicted octanol–water partition coefficient (Wildman–Crippen LogP) is 1.70. The number of benzene rings is 1. The molecule has 1 aromatic carbocycles. The molecule has 5 nitrogen and oxygen atoms in total. The van der Waals surface area contributed by atoms with Crippen molar-refractivity contribution in [2.24, 2.45) is 0 Å². The van der Waals surface area contributed by atoms with Crippen molar-refractivity contribution in [2.45, 2.75) is 18.9 Å². The Balaban J connectivity index is 1.53. The number of nitrogens with one attached hydrogen (secondary N) is 2. The van der Waals surface area contributed by atoms with Gasteiger partial charge >= 0.3 is 0 Å². The highest BCUT2D eigenvalue weighted by atomic mass is 16.6. The Bertz CT molecular complexity index is 520. The second-order valence-corrected chi connectivity index (χ2v) is 4.93. The minimum absolute atomic E-state index is 0.0476. The van der Waals surface area contributed by atoms with Crippen LogP contribution in [0.3, 0.4) is 0 Å². The van der Waals surface area contributed by atoms with Gasteiger partial charge in [0.15, 0.2) is 11.5 Å². The smallest absolute Gasteiger partial charge is 0.238 e. The average molecular weight is 274 g/mol. The van der Waals surface area contributed by atoms with Gasteiger partial charge in [0.2, 0.25) is 5.91 Å². The summed E-state index contributed by atoms with van der Waals surface area (Å²) in [5.74, 6) is 1.36. The zero-order chi connectivity index (χ0) is 13.8. The lowest BCUT2D eigenvalue weighted by atomic mass is 10.2. The summed E-state index contributed by atoms with van der Waals surface area (Å²) in [5, 5.41) is 6.09. The average Bonchev–Trinajstić information content (AvgIpc) is 2.98. The van der Waals surface area contributed by atoms with E-state index in [0.29, 0.717) is 31.5 Å². The molecular weight excluding hydrogens is 256 g/mol. The first-order valence-electron chi connectivity index (χ1n) is 6.89. The van der Waals surface area contributed by atoms with E-state index in [1.54, 1.807) is 6.07 Å². The summed E-state index contributed by atoms with van der Waals surface area (Å²) >= 11 is 0. The van der Waals surface area contributed by atoms with Crippen molar-refractivity contribution < 1.29 is 14.3 Å². The van der Waals surface area contributed by atoms with Gasteiger partial charge in [-0.15, -0.1) is 0 Å². The van der Waals surface area contributed by atoms with Crippen molar-refractivity contribution in [3.05, 3.63) is 30.4 Å². The van der Waals surface area contributed by atoms with E-state index >= 15 is 0 Å². The summed E-state index contributed by atoms with van der Waals surface area (Å²) in [6, 6.07) is 5.82. The SMILES string of the molecule is O=C(CNC1CC=CC1)Nc1ccc2c(c1)OCCO2. The van der Waals surface area contributed by atoms with Crippen LogP contribution in [0.5, 0.6) is 11.5 Å². The molecule has 1 aliphatic carbocycles. The fourth-order valence-electron chi connectivity index (χ4n) is 2.35. The lowest BCUT2D eigenvalue weighted by Gasteiger charge is -2.19. The van der Waals surface area contributed by atoms with E-state index < -0.39 is 0 Å². The Morgan fingerprint density at radius 2 is 1.90 bits per heavy atom. The van der Waals surface area contributed by atoms with Crippen molar-refractivity contribution in [3.63, 3.8) is 0 Å². The summed E-state index contributed by atoms with van der Waals surface area (Å²) in [4.78, 5) is 11.9. The first kappa shape index (κ1) is 13.0. The maximum absolute atomic E-state index is 11.9. The van der Waals surface area contributed by atoms with E-state index in [0.717, 1.165) is 24.3 Å². The quantitative estimate of drug-likeness (QED) is 0.821. The van der Waals surface area contributed by atoms with E-state index in [2.05, 4.69) is 22.8 Å². The van der Waals surface area contributed by atoms with Crippen LogP contribution in [0, 0.1) is 0 Å². The lowest BCUT2D eigenvalue weighted by molar-refractivity contribution is -0.115. The fraction of sp³-hybridized carbons (Fsp3) is 0.400. The molecule has 3 rings (SSSR count). The fourth-order valence-corrected chi connectivity index (χ4v) is 2.35. The van der Waals surface area contributed by atoms with E-state index in [4.69, 9.17) is 9.47 Å². The standard InChI is InChI=1S/C15H18N2O3/c18-15(10-16-11-3-1-2-4-11)17-12-5-6-13-14(9-12)20-8-7-19-13/h1-2,5-6,9,11,16H,3-4,7-8,10H2,(H,17,18). The zero-order valence-corrected chi connectivity index (χ0v) is 11.2. The first-order chi connectivity index (χ1) is 9.81. The van der Waals surface area contributed by atoms with Crippen LogP contribution in [0.4, 0.5) is 5.69 Å². The third-order valence-corrected chi connectivity index (χ3v) is 3.39. The number of amides is 1. The van der Waals surface area contributed by atoms with Crippen LogP contribution in [-0.4, -0.2) is 31.7 Å². The summed E-state index contributed by atoms with van der Waals surface area (Å²) < 4.78 is 10.9. The molecule has 5 heteroatoms. The molecule has 0 atom stereocenters. The molecule has 20 heavy (non-hydrogen) atoms. The minimum atomic E-state index is -0.0476.